The maximum absolute atomic E-state index is 5.86. The van der Waals surface area contributed by atoms with E-state index in [-0.39, 0.29) is 0 Å². The fraction of sp³-hybridized carbons (Fsp3) is 0.692. The molecule has 2 aliphatic heterocycles. The molecule has 0 spiro atoms. The normalized spacial score (nSPS) is 32.3. The van der Waals surface area contributed by atoms with E-state index in [1.54, 1.807) is 0 Å². The molecule has 0 radical (unpaired) electrons. The van der Waals surface area contributed by atoms with E-state index in [1.807, 2.05) is 32.2 Å². The lowest BCUT2D eigenvalue weighted by Crippen LogP contribution is -2.60. The summed E-state index contributed by atoms with van der Waals surface area (Å²) < 4.78 is 5.86. The standard InChI is InChI=1S/C11H16N2O.C2H6/c1-13-8-5-9(13)7-10(6-8)14-11-3-2-4-12-11;1-2/h2-4,8-10,12H,5-7H2,1H3;1-2H3. The smallest absolute Gasteiger partial charge is 0.190 e. The van der Waals surface area contributed by atoms with Gasteiger partial charge in [0.05, 0.1) is 0 Å². The SMILES string of the molecule is CC.CN1C2CC(Oc3ccc[nH]3)CC1C2. The molecule has 0 aromatic carbocycles. The highest BCUT2D eigenvalue weighted by molar-refractivity contribution is 5.11. The largest absolute Gasteiger partial charge is 0.476 e. The van der Waals surface area contributed by atoms with Crippen molar-refractivity contribution in [3.63, 3.8) is 0 Å². The Hall–Kier alpha value is -0.960. The number of rotatable bonds is 2. The molecule has 1 aliphatic carbocycles. The van der Waals surface area contributed by atoms with Gasteiger partial charge >= 0.3 is 0 Å². The topological polar surface area (TPSA) is 28.3 Å². The maximum Gasteiger partial charge on any atom is 0.190 e. The summed E-state index contributed by atoms with van der Waals surface area (Å²) in [5.41, 5.74) is 0. The first-order chi connectivity index (χ1) is 7.83. The summed E-state index contributed by atoms with van der Waals surface area (Å²) >= 11 is 0. The molecule has 3 aliphatic rings. The van der Waals surface area contributed by atoms with Crippen molar-refractivity contribution < 1.29 is 4.74 Å². The van der Waals surface area contributed by atoms with Crippen molar-refractivity contribution in [2.45, 2.75) is 51.3 Å². The number of hydrogen-bond donors (Lipinski definition) is 1. The molecule has 3 heteroatoms. The molecule has 2 bridgehead atoms. The molecule has 2 unspecified atom stereocenters. The molecule has 1 saturated carbocycles. The van der Waals surface area contributed by atoms with Gasteiger partial charge in [0.25, 0.3) is 0 Å². The molecule has 1 aromatic rings. The Morgan fingerprint density at radius 1 is 1.25 bits per heavy atom. The van der Waals surface area contributed by atoms with E-state index in [2.05, 4.69) is 16.9 Å². The van der Waals surface area contributed by atoms with Crippen molar-refractivity contribution in [2.24, 2.45) is 0 Å². The summed E-state index contributed by atoms with van der Waals surface area (Å²) in [7, 11) is 2.23. The van der Waals surface area contributed by atoms with Crippen LogP contribution in [-0.2, 0) is 0 Å². The van der Waals surface area contributed by atoms with E-state index in [4.69, 9.17) is 4.74 Å². The van der Waals surface area contributed by atoms with E-state index >= 15 is 0 Å². The van der Waals surface area contributed by atoms with E-state index < -0.39 is 0 Å². The highest BCUT2D eigenvalue weighted by atomic mass is 16.5. The second kappa shape index (κ2) is 4.91. The minimum absolute atomic E-state index is 0.425. The minimum atomic E-state index is 0.425. The fourth-order valence-electron chi connectivity index (χ4n) is 2.70. The third-order valence-corrected chi connectivity index (χ3v) is 3.63. The van der Waals surface area contributed by atoms with Crippen LogP contribution in [0.1, 0.15) is 33.1 Å². The molecule has 4 rings (SSSR count). The average Bonchev–Trinajstić information content (AvgIpc) is 2.84. The van der Waals surface area contributed by atoms with E-state index in [0.29, 0.717) is 6.10 Å². The van der Waals surface area contributed by atoms with Crippen LogP contribution in [0.5, 0.6) is 5.88 Å². The number of H-pyrrole nitrogens is 1. The summed E-state index contributed by atoms with van der Waals surface area (Å²) in [6.07, 6.45) is 6.08. The molecular formula is C13H22N2O. The van der Waals surface area contributed by atoms with Gasteiger partial charge in [0, 0.05) is 18.3 Å². The van der Waals surface area contributed by atoms with Crippen molar-refractivity contribution >= 4 is 0 Å². The monoisotopic (exact) mass is 222 g/mol. The van der Waals surface area contributed by atoms with Crippen LogP contribution in [0.2, 0.25) is 0 Å². The third kappa shape index (κ3) is 2.09. The number of nitrogens with one attached hydrogen (secondary N) is 1. The number of piperidine rings is 1. The van der Waals surface area contributed by atoms with Gasteiger partial charge in [0.1, 0.15) is 6.10 Å². The number of aromatic nitrogens is 1. The third-order valence-electron chi connectivity index (χ3n) is 3.63. The summed E-state index contributed by atoms with van der Waals surface area (Å²) in [5.74, 6) is 0.916. The van der Waals surface area contributed by atoms with Gasteiger partial charge < -0.3 is 14.6 Å². The summed E-state index contributed by atoms with van der Waals surface area (Å²) in [6, 6.07) is 5.51. The van der Waals surface area contributed by atoms with Crippen LogP contribution in [0.3, 0.4) is 0 Å². The zero-order valence-electron chi connectivity index (χ0n) is 10.4. The number of aromatic amines is 1. The summed E-state index contributed by atoms with van der Waals surface area (Å²) in [6.45, 7) is 4.00. The molecule has 3 nitrogen and oxygen atoms in total. The Morgan fingerprint density at radius 3 is 2.44 bits per heavy atom. The molecule has 0 amide bonds. The highest BCUT2D eigenvalue weighted by Gasteiger charge is 2.43. The Bertz CT molecular complexity index is 298. The van der Waals surface area contributed by atoms with Crippen LogP contribution < -0.4 is 4.74 Å². The molecular weight excluding hydrogens is 200 g/mol. The van der Waals surface area contributed by atoms with Crippen LogP contribution in [0.25, 0.3) is 0 Å². The van der Waals surface area contributed by atoms with Crippen LogP contribution in [0.4, 0.5) is 0 Å². The van der Waals surface area contributed by atoms with Crippen molar-refractivity contribution in [2.75, 3.05) is 7.05 Å². The van der Waals surface area contributed by atoms with Gasteiger partial charge in [-0.25, -0.2) is 0 Å². The van der Waals surface area contributed by atoms with Crippen LogP contribution in [0.15, 0.2) is 18.3 Å². The van der Waals surface area contributed by atoms with Gasteiger partial charge in [-0.15, -0.1) is 0 Å². The fourth-order valence-corrected chi connectivity index (χ4v) is 2.70. The Morgan fingerprint density at radius 2 is 1.94 bits per heavy atom. The molecule has 2 saturated heterocycles. The zero-order valence-corrected chi connectivity index (χ0v) is 10.4. The Balaban J connectivity index is 0.000000457. The lowest BCUT2D eigenvalue weighted by atomic mass is 9.79. The van der Waals surface area contributed by atoms with Crippen molar-refractivity contribution in [3.05, 3.63) is 18.3 Å². The predicted molar refractivity (Wildman–Crippen MR) is 65.7 cm³/mol. The number of nitrogens with zero attached hydrogens (tertiary/aromatic N) is 1. The number of fused-ring (bicyclic) bond motifs is 2. The van der Waals surface area contributed by atoms with Crippen molar-refractivity contribution in [3.8, 4) is 5.88 Å². The average molecular weight is 222 g/mol. The van der Waals surface area contributed by atoms with Gasteiger partial charge in [0.2, 0.25) is 0 Å². The van der Waals surface area contributed by atoms with Gasteiger partial charge in [-0.3, -0.25) is 0 Å². The van der Waals surface area contributed by atoms with Gasteiger partial charge in [-0.05, 0) is 38.4 Å². The van der Waals surface area contributed by atoms with Crippen LogP contribution in [0, 0.1) is 0 Å². The highest BCUT2D eigenvalue weighted by Crippen LogP contribution is 2.37. The first-order valence-corrected chi connectivity index (χ1v) is 6.35. The molecule has 1 aromatic heterocycles. The molecule has 3 fully saturated rings. The quantitative estimate of drug-likeness (QED) is 0.833. The minimum Gasteiger partial charge on any atom is -0.476 e. The van der Waals surface area contributed by atoms with E-state index in [9.17, 15) is 0 Å². The first-order valence-electron chi connectivity index (χ1n) is 6.35. The second-order valence-electron chi connectivity index (χ2n) is 4.45. The molecule has 16 heavy (non-hydrogen) atoms. The van der Waals surface area contributed by atoms with Gasteiger partial charge in [-0.2, -0.15) is 0 Å². The van der Waals surface area contributed by atoms with Crippen molar-refractivity contribution in [1.29, 1.82) is 0 Å². The second-order valence-corrected chi connectivity index (χ2v) is 4.45. The number of ether oxygens (including phenoxy) is 1. The van der Waals surface area contributed by atoms with E-state index in [0.717, 1.165) is 18.0 Å². The Labute approximate surface area is 97.8 Å². The van der Waals surface area contributed by atoms with Gasteiger partial charge in [-0.1, -0.05) is 13.8 Å². The number of hydrogen-bond acceptors (Lipinski definition) is 2. The first kappa shape index (κ1) is 11.5. The zero-order chi connectivity index (χ0) is 11.5. The predicted octanol–water partition coefficient (Wildman–Crippen LogP) is 2.65. The van der Waals surface area contributed by atoms with Crippen molar-refractivity contribution in [1.82, 2.24) is 9.88 Å². The van der Waals surface area contributed by atoms with E-state index in [1.165, 1.54) is 19.3 Å². The Kier molecular flexibility index (Phi) is 3.54. The molecule has 1 N–H and O–H groups in total. The molecule has 2 atom stereocenters. The molecule has 90 valence electrons. The van der Waals surface area contributed by atoms with Crippen LogP contribution >= 0.6 is 0 Å². The lowest BCUT2D eigenvalue weighted by molar-refractivity contribution is -0.0568. The maximum atomic E-state index is 5.86. The van der Waals surface area contributed by atoms with Crippen LogP contribution in [-0.4, -0.2) is 35.1 Å². The lowest BCUT2D eigenvalue weighted by Gasteiger charge is -2.53. The summed E-state index contributed by atoms with van der Waals surface area (Å²) in [5, 5.41) is 0. The van der Waals surface area contributed by atoms with Gasteiger partial charge in [0.15, 0.2) is 5.88 Å². The summed E-state index contributed by atoms with van der Waals surface area (Å²) in [4.78, 5) is 5.57. The molecule has 3 heterocycles.